The van der Waals surface area contributed by atoms with E-state index in [9.17, 15) is 5.11 Å². The molecule has 1 unspecified atom stereocenters. The average molecular weight is 286 g/mol. The van der Waals surface area contributed by atoms with E-state index in [0.29, 0.717) is 12.8 Å². The van der Waals surface area contributed by atoms with Crippen molar-refractivity contribution < 1.29 is 9.84 Å². The Labute approximate surface area is 125 Å². The summed E-state index contributed by atoms with van der Waals surface area (Å²) < 4.78 is 7.37. The van der Waals surface area contributed by atoms with Gasteiger partial charge >= 0.3 is 0 Å². The van der Waals surface area contributed by atoms with Crippen LogP contribution in [0.1, 0.15) is 36.7 Å². The molecular formula is C17H22N2O2. The quantitative estimate of drug-likeness (QED) is 0.940. The van der Waals surface area contributed by atoms with E-state index in [-0.39, 0.29) is 0 Å². The first-order valence-corrected chi connectivity index (χ1v) is 7.56. The Balaban J connectivity index is 1.94. The van der Waals surface area contributed by atoms with Crippen LogP contribution in [-0.4, -0.2) is 21.8 Å². The van der Waals surface area contributed by atoms with Crippen molar-refractivity contribution in [3.8, 4) is 5.75 Å². The Morgan fingerprint density at radius 1 is 1.38 bits per heavy atom. The molecule has 1 N–H and O–H groups in total. The number of aryl methyl sites for hydroxylation is 2. The van der Waals surface area contributed by atoms with E-state index in [1.165, 1.54) is 5.56 Å². The molecule has 1 aromatic heterocycles. The summed E-state index contributed by atoms with van der Waals surface area (Å²) in [6.45, 7) is 3.03. The Kier molecular flexibility index (Phi) is 3.72. The number of rotatable bonds is 4. The molecule has 4 heteroatoms. The summed E-state index contributed by atoms with van der Waals surface area (Å²) in [4.78, 5) is 4.43. The van der Waals surface area contributed by atoms with Crippen LogP contribution in [0.5, 0.6) is 5.75 Å². The highest BCUT2D eigenvalue weighted by Crippen LogP contribution is 2.37. The number of ether oxygens (including phenoxy) is 1. The number of imidazole rings is 1. The number of aliphatic hydroxyl groups is 1. The van der Waals surface area contributed by atoms with E-state index in [2.05, 4.69) is 22.5 Å². The molecule has 112 valence electrons. The van der Waals surface area contributed by atoms with Crippen LogP contribution in [0.2, 0.25) is 0 Å². The minimum absolute atomic E-state index is 0.597. The topological polar surface area (TPSA) is 47.3 Å². The summed E-state index contributed by atoms with van der Waals surface area (Å²) in [7, 11) is 1.67. The van der Waals surface area contributed by atoms with Crippen molar-refractivity contribution in [2.75, 3.05) is 7.11 Å². The molecule has 2 aromatic rings. The van der Waals surface area contributed by atoms with Crippen molar-refractivity contribution in [2.24, 2.45) is 0 Å². The lowest BCUT2D eigenvalue weighted by Crippen LogP contribution is -2.36. The van der Waals surface area contributed by atoms with Gasteiger partial charge in [-0.05, 0) is 42.5 Å². The molecule has 1 aliphatic carbocycles. The Hall–Kier alpha value is -1.81. The lowest BCUT2D eigenvalue weighted by molar-refractivity contribution is 0.00990. The second kappa shape index (κ2) is 5.53. The molecule has 3 rings (SSSR count). The molecular weight excluding hydrogens is 264 g/mol. The molecule has 4 nitrogen and oxygen atoms in total. The van der Waals surface area contributed by atoms with Gasteiger partial charge in [0.05, 0.1) is 7.11 Å². The van der Waals surface area contributed by atoms with Gasteiger partial charge in [-0.1, -0.05) is 13.0 Å². The number of benzene rings is 1. The third-order valence-corrected chi connectivity index (χ3v) is 4.30. The number of fused-ring (bicyclic) bond motifs is 1. The molecule has 1 heterocycles. The lowest BCUT2D eigenvalue weighted by atomic mass is 9.79. The fourth-order valence-electron chi connectivity index (χ4n) is 3.21. The maximum atomic E-state index is 11.1. The highest BCUT2D eigenvalue weighted by molar-refractivity contribution is 5.39. The minimum Gasteiger partial charge on any atom is -0.497 e. The maximum absolute atomic E-state index is 11.1. The van der Waals surface area contributed by atoms with Gasteiger partial charge in [-0.15, -0.1) is 0 Å². The summed E-state index contributed by atoms with van der Waals surface area (Å²) in [6.07, 6.45) is 6.95. The number of hydrogen-bond acceptors (Lipinski definition) is 3. The Morgan fingerprint density at radius 3 is 3.00 bits per heavy atom. The first-order chi connectivity index (χ1) is 10.2. The van der Waals surface area contributed by atoms with Crippen molar-refractivity contribution in [3.05, 3.63) is 47.5 Å². The summed E-state index contributed by atoms with van der Waals surface area (Å²) in [5.41, 5.74) is 1.58. The predicted octanol–water partition coefficient (Wildman–Crippen LogP) is 2.68. The third kappa shape index (κ3) is 2.56. The van der Waals surface area contributed by atoms with Crippen molar-refractivity contribution in [2.45, 2.75) is 44.8 Å². The molecule has 0 amide bonds. The standard InChI is InChI=1S/C17H22N2O2/c1-3-9-19-10-8-18-16(19)17(20)7-6-13-4-5-15(21-2)11-14(13)12-17/h4-5,8,10-11,20H,3,6-7,9,12H2,1-2H3. The molecule has 0 bridgehead atoms. The SMILES string of the molecule is CCCn1ccnc1C1(O)CCc2ccc(OC)cc2C1. The normalized spacial score (nSPS) is 21.1. The number of aromatic nitrogens is 2. The largest absolute Gasteiger partial charge is 0.497 e. The van der Waals surface area contributed by atoms with Crippen LogP contribution in [0.3, 0.4) is 0 Å². The van der Waals surface area contributed by atoms with E-state index < -0.39 is 5.60 Å². The molecule has 21 heavy (non-hydrogen) atoms. The van der Waals surface area contributed by atoms with Crippen LogP contribution < -0.4 is 4.74 Å². The lowest BCUT2D eigenvalue weighted by Gasteiger charge is -2.33. The molecule has 1 atom stereocenters. The van der Waals surface area contributed by atoms with Gasteiger partial charge in [0.1, 0.15) is 17.2 Å². The second-order valence-electron chi connectivity index (χ2n) is 5.79. The smallest absolute Gasteiger partial charge is 0.141 e. The van der Waals surface area contributed by atoms with Crippen LogP contribution in [0, 0.1) is 0 Å². The van der Waals surface area contributed by atoms with Gasteiger partial charge in [-0.2, -0.15) is 0 Å². The summed E-state index contributed by atoms with van der Waals surface area (Å²) in [5, 5.41) is 11.1. The van der Waals surface area contributed by atoms with E-state index >= 15 is 0 Å². The number of nitrogens with zero attached hydrogens (tertiary/aromatic N) is 2. The molecule has 0 saturated carbocycles. The zero-order chi connectivity index (χ0) is 14.9. The van der Waals surface area contributed by atoms with Gasteiger partial charge in [0.15, 0.2) is 0 Å². The van der Waals surface area contributed by atoms with Gasteiger partial charge in [0.2, 0.25) is 0 Å². The first kappa shape index (κ1) is 14.1. The predicted molar refractivity (Wildman–Crippen MR) is 81.4 cm³/mol. The highest BCUT2D eigenvalue weighted by atomic mass is 16.5. The molecule has 0 saturated heterocycles. The van der Waals surface area contributed by atoms with Crippen molar-refractivity contribution in [1.29, 1.82) is 0 Å². The molecule has 0 fully saturated rings. The summed E-state index contributed by atoms with van der Waals surface area (Å²) in [5.74, 6) is 1.63. The maximum Gasteiger partial charge on any atom is 0.141 e. The van der Waals surface area contributed by atoms with E-state index in [0.717, 1.165) is 36.5 Å². The fourth-order valence-corrected chi connectivity index (χ4v) is 3.21. The van der Waals surface area contributed by atoms with Crippen molar-refractivity contribution >= 4 is 0 Å². The van der Waals surface area contributed by atoms with Crippen LogP contribution in [0.25, 0.3) is 0 Å². The average Bonchev–Trinajstić information content (AvgIpc) is 2.96. The van der Waals surface area contributed by atoms with Crippen LogP contribution in [0.15, 0.2) is 30.6 Å². The molecule has 0 spiro atoms. The van der Waals surface area contributed by atoms with Crippen molar-refractivity contribution in [1.82, 2.24) is 9.55 Å². The van der Waals surface area contributed by atoms with Gasteiger partial charge in [0, 0.05) is 25.4 Å². The summed E-state index contributed by atoms with van der Waals surface area (Å²) >= 11 is 0. The fraction of sp³-hybridized carbons (Fsp3) is 0.471. The summed E-state index contributed by atoms with van der Waals surface area (Å²) in [6, 6.07) is 6.13. The highest BCUT2D eigenvalue weighted by Gasteiger charge is 2.37. The van der Waals surface area contributed by atoms with Crippen LogP contribution in [0.4, 0.5) is 0 Å². The first-order valence-electron chi connectivity index (χ1n) is 7.56. The van der Waals surface area contributed by atoms with E-state index in [4.69, 9.17) is 4.74 Å². The second-order valence-corrected chi connectivity index (χ2v) is 5.79. The Morgan fingerprint density at radius 2 is 2.24 bits per heavy atom. The van der Waals surface area contributed by atoms with E-state index in [1.807, 2.05) is 18.3 Å². The molecule has 0 aliphatic heterocycles. The minimum atomic E-state index is -0.877. The van der Waals surface area contributed by atoms with Gasteiger partial charge in [0.25, 0.3) is 0 Å². The monoisotopic (exact) mass is 286 g/mol. The zero-order valence-corrected chi connectivity index (χ0v) is 12.7. The molecule has 1 aliphatic rings. The third-order valence-electron chi connectivity index (χ3n) is 4.30. The molecule has 1 aromatic carbocycles. The number of hydrogen-bond donors (Lipinski definition) is 1. The molecule has 0 radical (unpaired) electrons. The zero-order valence-electron chi connectivity index (χ0n) is 12.7. The number of methoxy groups -OCH3 is 1. The van der Waals surface area contributed by atoms with E-state index in [1.54, 1.807) is 13.3 Å². The van der Waals surface area contributed by atoms with Gasteiger partial charge in [-0.3, -0.25) is 0 Å². The van der Waals surface area contributed by atoms with Gasteiger partial charge in [-0.25, -0.2) is 4.98 Å². The van der Waals surface area contributed by atoms with Crippen LogP contribution in [-0.2, 0) is 25.0 Å². The van der Waals surface area contributed by atoms with Gasteiger partial charge < -0.3 is 14.4 Å². The van der Waals surface area contributed by atoms with Crippen molar-refractivity contribution in [3.63, 3.8) is 0 Å². The Bertz CT molecular complexity index is 635. The van der Waals surface area contributed by atoms with Crippen LogP contribution >= 0.6 is 0 Å².